The highest BCUT2D eigenvalue weighted by Crippen LogP contribution is 2.38. The highest BCUT2D eigenvalue weighted by atomic mass is 16.3. The van der Waals surface area contributed by atoms with Gasteiger partial charge in [-0.05, 0) is 42.2 Å². The molecule has 0 spiro atoms. The lowest BCUT2D eigenvalue weighted by Gasteiger charge is -2.26. The molecule has 1 aliphatic carbocycles. The van der Waals surface area contributed by atoms with Gasteiger partial charge in [0.05, 0.1) is 11.9 Å². The van der Waals surface area contributed by atoms with Crippen molar-refractivity contribution in [1.82, 2.24) is 15.2 Å². The molecule has 1 atom stereocenters. The SMILES string of the molecule is O=NC1CCc2cc(Nc3c(C(=O)N4CCNCC4)oc4cnccc34)ccc21. The zero-order valence-corrected chi connectivity index (χ0v) is 15.9. The van der Waals surface area contributed by atoms with Crippen LogP contribution in [0.5, 0.6) is 0 Å². The number of aryl methyl sites for hydroxylation is 1. The van der Waals surface area contributed by atoms with E-state index in [1.165, 1.54) is 0 Å². The third-order valence-electron chi connectivity index (χ3n) is 5.68. The summed E-state index contributed by atoms with van der Waals surface area (Å²) >= 11 is 0. The summed E-state index contributed by atoms with van der Waals surface area (Å²) in [6, 6.07) is 7.47. The Kier molecular flexibility index (Phi) is 4.48. The van der Waals surface area contributed by atoms with E-state index in [1.807, 2.05) is 24.3 Å². The fourth-order valence-electron chi connectivity index (χ4n) is 4.16. The molecule has 148 valence electrons. The van der Waals surface area contributed by atoms with Crippen molar-refractivity contribution < 1.29 is 9.21 Å². The molecule has 0 bridgehead atoms. The van der Waals surface area contributed by atoms with E-state index in [4.69, 9.17) is 4.42 Å². The van der Waals surface area contributed by atoms with Crippen LogP contribution in [0.25, 0.3) is 11.0 Å². The number of rotatable bonds is 4. The molecule has 0 radical (unpaired) electrons. The number of hydrogen-bond acceptors (Lipinski definition) is 7. The van der Waals surface area contributed by atoms with E-state index in [-0.39, 0.29) is 11.9 Å². The molecule has 5 rings (SSSR count). The molecule has 1 fully saturated rings. The van der Waals surface area contributed by atoms with Gasteiger partial charge in [-0.2, -0.15) is 4.91 Å². The monoisotopic (exact) mass is 391 g/mol. The lowest BCUT2D eigenvalue weighted by molar-refractivity contribution is 0.0707. The maximum Gasteiger partial charge on any atom is 0.291 e. The van der Waals surface area contributed by atoms with Crippen molar-refractivity contribution in [1.29, 1.82) is 0 Å². The first-order chi connectivity index (χ1) is 14.2. The van der Waals surface area contributed by atoms with Crippen LogP contribution in [0.2, 0.25) is 0 Å². The van der Waals surface area contributed by atoms with Gasteiger partial charge in [-0.25, -0.2) is 0 Å². The van der Waals surface area contributed by atoms with Gasteiger partial charge in [0, 0.05) is 43.4 Å². The van der Waals surface area contributed by atoms with Gasteiger partial charge in [0.25, 0.3) is 5.91 Å². The first kappa shape index (κ1) is 17.8. The largest absolute Gasteiger partial charge is 0.447 e. The Morgan fingerprint density at radius 1 is 1.28 bits per heavy atom. The Morgan fingerprint density at radius 2 is 2.14 bits per heavy atom. The van der Waals surface area contributed by atoms with Crippen LogP contribution >= 0.6 is 0 Å². The summed E-state index contributed by atoms with van der Waals surface area (Å²) in [5.74, 6) is 0.166. The topological polar surface area (TPSA) is 99.8 Å². The summed E-state index contributed by atoms with van der Waals surface area (Å²) in [5.41, 5.74) is 4.17. The summed E-state index contributed by atoms with van der Waals surface area (Å²) in [4.78, 5) is 30.1. The second-order valence-electron chi connectivity index (χ2n) is 7.42. The number of amides is 1. The number of carbonyl (C=O) groups is 1. The van der Waals surface area contributed by atoms with E-state index in [1.54, 1.807) is 17.3 Å². The minimum atomic E-state index is -0.260. The number of hydrogen-bond donors (Lipinski definition) is 2. The standard InChI is InChI=1S/C21H21N5O3/c27-21(26-9-7-22-8-10-26)20-19(16-5-6-23-12-18(16)29-20)24-14-2-3-15-13(11-14)1-4-17(15)25-28/h2-3,5-6,11-12,17,22,24H,1,4,7-10H2. The number of nitroso groups, excluding NO2 is 1. The van der Waals surface area contributed by atoms with Gasteiger partial charge in [-0.15, -0.1) is 0 Å². The molecule has 3 aromatic rings. The molecular formula is C21H21N5O3. The van der Waals surface area contributed by atoms with E-state index >= 15 is 0 Å². The van der Waals surface area contributed by atoms with Crippen LogP contribution in [-0.4, -0.2) is 42.0 Å². The average molecular weight is 391 g/mol. The summed E-state index contributed by atoms with van der Waals surface area (Å²) in [5, 5.41) is 10.7. The van der Waals surface area contributed by atoms with Gasteiger partial charge in [0.1, 0.15) is 6.04 Å². The van der Waals surface area contributed by atoms with Crippen LogP contribution in [-0.2, 0) is 6.42 Å². The van der Waals surface area contributed by atoms with Crippen molar-refractivity contribution in [2.24, 2.45) is 5.18 Å². The Labute approximate surface area is 167 Å². The first-order valence-electron chi connectivity index (χ1n) is 9.83. The number of nitrogens with one attached hydrogen (secondary N) is 2. The van der Waals surface area contributed by atoms with E-state index in [2.05, 4.69) is 20.8 Å². The normalized spacial score (nSPS) is 18.6. The van der Waals surface area contributed by atoms with Crippen molar-refractivity contribution >= 4 is 28.3 Å². The average Bonchev–Trinajstić information content (AvgIpc) is 3.35. The van der Waals surface area contributed by atoms with E-state index in [9.17, 15) is 9.70 Å². The smallest absolute Gasteiger partial charge is 0.291 e. The molecule has 8 nitrogen and oxygen atoms in total. The van der Waals surface area contributed by atoms with Crippen molar-refractivity contribution in [2.45, 2.75) is 18.9 Å². The number of aromatic nitrogens is 1. The van der Waals surface area contributed by atoms with Crippen LogP contribution in [0, 0.1) is 4.91 Å². The van der Waals surface area contributed by atoms with Crippen LogP contribution in [0.4, 0.5) is 11.4 Å². The molecule has 2 aromatic heterocycles. The highest BCUT2D eigenvalue weighted by Gasteiger charge is 2.27. The lowest BCUT2D eigenvalue weighted by Crippen LogP contribution is -2.46. The van der Waals surface area contributed by atoms with Gasteiger partial charge in [0.2, 0.25) is 5.76 Å². The zero-order valence-electron chi connectivity index (χ0n) is 15.9. The van der Waals surface area contributed by atoms with Crippen molar-refractivity contribution in [3.05, 3.63) is 58.5 Å². The molecule has 2 aliphatic rings. The maximum atomic E-state index is 13.1. The maximum absolute atomic E-state index is 13.1. The van der Waals surface area contributed by atoms with Crippen molar-refractivity contribution in [3.63, 3.8) is 0 Å². The van der Waals surface area contributed by atoms with E-state index in [0.29, 0.717) is 30.1 Å². The van der Waals surface area contributed by atoms with Crippen LogP contribution < -0.4 is 10.6 Å². The minimum absolute atomic E-state index is 0.128. The van der Waals surface area contributed by atoms with E-state index < -0.39 is 0 Å². The molecule has 1 saturated heterocycles. The molecule has 1 aromatic carbocycles. The second kappa shape index (κ2) is 7.29. The molecule has 1 unspecified atom stereocenters. The molecule has 1 aliphatic heterocycles. The predicted octanol–water partition coefficient (Wildman–Crippen LogP) is 3.37. The number of anilines is 2. The van der Waals surface area contributed by atoms with Gasteiger partial charge in [-0.1, -0.05) is 11.2 Å². The summed E-state index contributed by atoms with van der Waals surface area (Å²) in [7, 11) is 0. The van der Waals surface area contributed by atoms with Gasteiger partial charge >= 0.3 is 0 Å². The van der Waals surface area contributed by atoms with Crippen molar-refractivity contribution in [3.8, 4) is 0 Å². The highest BCUT2D eigenvalue weighted by molar-refractivity contribution is 6.07. The number of pyridine rings is 1. The number of carbonyl (C=O) groups excluding carboxylic acids is 1. The molecule has 3 heterocycles. The third kappa shape index (κ3) is 3.15. The Hall–Kier alpha value is -3.26. The first-order valence-corrected chi connectivity index (χ1v) is 9.83. The fraction of sp³-hybridized carbons (Fsp3) is 0.333. The summed E-state index contributed by atoms with van der Waals surface area (Å²) in [6.07, 6.45) is 4.88. The zero-order chi connectivity index (χ0) is 19.8. The lowest BCUT2D eigenvalue weighted by atomic mass is 10.1. The second-order valence-corrected chi connectivity index (χ2v) is 7.42. The van der Waals surface area contributed by atoms with Crippen LogP contribution in [0.15, 0.2) is 46.3 Å². The summed E-state index contributed by atoms with van der Waals surface area (Å²) < 4.78 is 5.92. The molecular weight excluding hydrogens is 370 g/mol. The Morgan fingerprint density at radius 3 is 2.97 bits per heavy atom. The number of benzene rings is 1. The van der Waals surface area contributed by atoms with Crippen molar-refractivity contribution in [2.75, 3.05) is 31.5 Å². The number of furan rings is 1. The number of nitrogens with zero attached hydrogens (tertiary/aromatic N) is 3. The third-order valence-corrected chi connectivity index (χ3v) is 5.68. The Bertz CT molecular complexity index is 1090. The molecule has 8 heteroatoms. The van der Waals surface area contributed by atoms with Crippen LogP contribution in [0.1, 0.15) is 34.1 Å². The number of fused-ring (bicyclic) bond motifs is 2. The summed E-state index contributed by atoms with van der Waals surface area (Å²) in [6.45, 7) is 2.83. The van der Waals surface area contributed by atoms with Gasteiger partial charge < -0.3 is 20.0 Å². The van der Waals surface area contributed by atoms with E-state index in [0.717, 1.165) is 48.1 Å². The predicted molar refractivity (Wildman–Crippen MR) is 109 cm³/mol. The molecule has 0 saturated carbocycles. The molecule has 29 heavy (non-hydrogen) atoms. The minimum Gasteiger partial charge on any atom is -0.447 e. The fourth-order valence-corrected chi connectivity index (χ4v) is 4.16. The molecule has 1 amide bonds. The van der Waals surface area contributed by atoms with Gasteiger partial charge in [-0.3, -0.25) is 9.78 Å². The number of piperazine rings is 1. The quantitative estimate of drug-likeness (QED) is 0.662. The van der Waals surface area contributed by atoms with Crippen LogP contribution in [0.3, 0.4) is 0 Å². The van der Waals surface area contributed by atoms with Gasteiger partial charge in [0.15, 0.2) is 5.58 Å². The Balaban J connectivity index is 1.52. The molecule has 2 N–H and O–H groups in total.